The third-order valence-corrected chi connectivity index (χ3v) is 7.34. The normalized spacial score (nSPS) is 17.0. The minimum atomic E-state index is -3.79. The molecule has 1 fully saturated rings. The van der Waals surface area contributed by atoms with Gasteiger partial charge in [-0.25, -0.2) is 8.42 Å². The summed E-state index contributed by atoms with van der Waals surface area (Å²) >= 11 is 6.75. The van der Waals surface area contributed by atoms with Gasteiger partial charge in [-0.2, -0.15) is 0 Å². The fourth-order valence-electron chi connectivity index (χ4n) is 2.98. The number of rotatable bonds is 5. The molecule has 0 bridgehead atoms. The number of benzene rings is 1. The van der Waals surface area contributed by atoms with Crippen LogP contribution in [-0.4, -0.2) is 44.8 Å². The average molecular weight is 428 g/mol. The van der Waals surface area contributed by atoms with E-state index < -0.39 is 16.1 Å². The monoisotopic (exact) mass is 427 g/mol. The second kappa shape index (κ2) is 7.87. The quantitative estimate of drug-likeness (QED) is 0.766. The van der Waals surface area contributed by atoms with Crippen molar-refractivity contribution in [1.29, 1.82) is 0 Å². The van der Waals surface area contributed by atoms with Crippen molar-refractivity contribution in [3.8, 4) is 0 Å². The number of carbonyl (C=O) groups excluding carboxylic acids is 2. The Labute approximate surface area is 166 Å². The van der Waals surface area contributed by atoms with Crippen LogP contribution in [0.4, 0.5) is 5.69 Å². The Morgan fingerprint density at radius 3 is 2.70 bits per heavy atom. The number of anilines is 1. The van der Waals surface area contributed by atoms with Gasteiger partial charge in [-0.05, 0) is 43.2 Å². The largest absolute Gasteiger partial charge is 0.357 e. The van der Waals surface area contributed by atoms with E-state index in [4.69, 9.17) is 11.6 Å². The van der Waals surface area contributed by atoms with Crippen LogP contribution >= 0.6 is 22.9 Å². The number of likely N-dealkylation sites (tertiary alicyclic amines) is 1. The van der Waals surface area contributed by atoms with Crippen molar-refractivity contribution < 1.29 is 18.0 Å². The maximum Gasteiger partial charge on any atom is 0.271 e. The number of amides is 2. The van der Waals surface area contributed by atoms with Crippen LogP contribution in [0.25, 0.3) is 0 Å². The molecule has 0 radical (unpaired) electrons. The maximum atomic E-state index is 12.8. The molecule has 3 rings (SSSR count). The number of hydrogen-bond acceptors (Lipinski definition) is 5. The van der Waals surface area contributed by atoms with Crippen LogP contribution < -0.4 is 10.0 Å². The van der Waals surface area contributed by atoms with Gasteiger partial charge >= 0.3 is 0 Å². The molecule has 1 saturated heterocycles. The first kappa shape index (κ1) is 19.7. The van der Waals surface area contributed by atoms with E-state index in [9.17, 15) is 18.0 Å². The van der Waals surface area contributed by atoms with Gasteiger partial charge in [-0.1, -0.05) is 17.7 Å². The molecule has 2 heterocycles. The minimum Gasteiger partial charge on any atom is -0.357 e. The molecule has 1 atom stereocenters. The fourth-order valence-corrected chi connectivity index (χ4v) is 5.51. The molecule has 7 nitrogen and oxygen atoms in total. The number of likely N-dealkylation sites (N-methyl/N-ethyl adjacent to an activating group) is 1. The van der Waals surface area contributed by atoms with Crippen LogP contribution in [0.1, 0.15) is 23.2 Å². The van der Waals surface area contributed by atoms with Crippen LogP contribution in [-0.2, 0) is 14.8 Å². The molecule has 1 aliphatic rings. The Hall–Kier alpha value is -2.10. The van der Waals surface area contributed by atoms with Gasteiger partial charge in [0.2, 0.25) is 5.91 Å². The summed E-state index contributed by atoms with van der Waals surface area (Å²) in [6, 6.07) is 8.64. The van der Waals surface area contributed by atoms with E-state index >= 15 is 0 Å². The second-order valence-corrected chi connectivity index (χ2v) is 9.64. The molecule has 0 spiro atoms. The van der Waals surface area contributed by atoms with Crippen molar-refractivity contribution in [2.24, 2.45) is 0 Å². The summed E-state index contributed by atoms with van der Waals surface area (Å²) in [5, 5.41) is 2.57. The van der Waals surface area contributed by atoms with E-state index in [0.29, 0.717) is 22.9 Å². The topological polar surface area (TPSA) is 95.6 Å². The fraction of sp³-hybridized carbons (Fsp3) is 0.294. The smallest absolute Gasteiger partial charge is 0.271 e. The predicted molar refractivity (Wildman–Crippen MR) is 105 cm³/mol. The standard InChI is InChI=1S/C17H18ClN3O4S2/c1-19-16(22)13-6-3-9-21(13)17(23)11-4-2-5-12(10-11)20-27(24,25)15-8-7-14(18)26-15/h2,4-5,7-8,10,13,20H,3,6,9H2,1H3,(H,19,22). The highest BCUT2D eigenvalue weighted by Crippen LogP contribution is 2.28. The lowest BCUT2D eigenvalue weighted by Crippen LogP contribution is -2.44. The summed E-state index contributed by atoms with van der Waals surface area (Å²) in [5.41, 5.74) is 0.580. The number of nitrogens with zero attached hydrogens (tertiary/aromatic N) is 1. The van der Waals surface area contributed by atoms with Crippen molar-refractivity contribution in [2.75, 3.05) is 18.3 Å². The first-order valence-electron chi connectivity index (χ1n) is 8.22. The molecule has 27 heavy (non-hydrogen) atoms. The maximum absolute atomic E-state index is 12.8. The van der Waals surface area contributed by atoms with E-state index in [0.717, 1.165) is 17.8 Å². The summed E-state index contributed by atoms with van der Waals surface area (Å²) in [6.07, 6.45) is 1.35. The molecule has 1 unspecified atom stereocenters. The Bertz CT molecular complexity index is 974. The van der Waals surface area contributed by atoms with E-state index in [2.05, 4.69) is 10.0 Å². The summed E-state index contributed by atoms with van der Waals surface area (Å²) in [7, 11) is -2.25. The van der Waals surface area contributed by atoms with Gasteiger partial charge in [0.25, 0.3) is 15.9 Å². The third kappa shape index (κ3) is 4.26. The number of thiophene rings is 1. The molecule has 0 saturated carbocycles. The number of halogens is 1. The summed E-state index contributed by atoms with van der Waals surface area (Å²) in [5.74, 6) is -0.506. The van der Waals surface area contributed by atoms with Gasteiger partial charge < -0.3 is 10.2 Å². The predicted octanol–water partition coefficient (Wildman–Crippen LogP) is 2.55. The lowest BCUT2D eigenvalue weighted by atomic mass is 10.1. The van der Waals surface area contributed by atoms with Crippen LogP contribution in [0.2, 0.25) is 4.34 Å². The summed E-state index contributed by atoms with van der Waals surface area (Å²) in [4.78, 5) is 26.3. The van der Waals surface area contributed by atoms with Crippen LogP contribution in [0.5, 0.6) is 0 Å². The SMILES string of the molecule is CNC(=O)C1CCCN1C(=O)c1cccc(NS(=O)(=O)c2ccc(Cl)s2)c1. The zero-order valence-corrected chi connectivity index (χ0v) is 16.8. The second-order valence-electron chi connectivity index (χ2n) is 6.02. The van der Waals surface area contributed by atoms with Crippen molar-refractivity contribution >= 4 is 50.5 Å². The third-order valence-electron chi connectivity index (χ3n) is 4.24. The Balaban J connectivity index is 1.81. The molecule has 0 aliphatic carbocycles. The van der Waals surface area contributed by atoms with Crippen molar-refractivity contribution in [2.45, 2.75) is 23.1 Å². The van der Waals surface area contributed by atoms with Gasteiger partial charge in [0.05, 0.1) is 4.34 Å². The molecular formula is C17H18ClN3O4S2. The highest BCUT2D eigenvalue weighted by atomic mass is 35.5. The van der Waals surface area contributed by atoms with E-state index in [-0.39, 0.29) is 21.7 Å². The van der Waals surface area contributed by atoms with Gasteiger partial charge in [0.15, 0.2) is 0 Å². The molecule has 1 aliphatic heterocycles. The average Bonchev–Trinajstić information content (AvgIpc) is 3.29. The molecule has 144 valence electrons. The van der Waals surface area contributed by atoms with Crippen molar-refractivity contribution in [3.63, 3.8) is 0 Å². The van der Waals surface area contributed by atoms with Crippen LogP contribution in [0.15, 0.2) is 40.6 Å². The van der Waals surface area contributed by atoms with E-state index in [1.807, 2.05) is 0 Å². The molecule has 1 aromatic heterocycles. The van der Waals surface area contributed by atoms with Gasteiger partial charge in [0.1, 0.15) is 10.3 Å². The van der Waals surface area contributed by atoms with Crippen molar-refractivity contribution in [1.82, 2.24) is 10.2 Å². The highest BCUT2D eigenvalue weighted by molar-refractivity contribution is 7.94. The van der Waals surface area contributed by atoms with Crippen LogP contribution in [0.3, 0.4) is 0 Å². The van der Waals surface area contributed by atoms with Gasteiger partial charge in [0, 0.05) is 24.8 Å². The molecule has 1 aromatic carbocycles. The zero-order chi connectivity index (χ0) is 19.6. The minimum absolute atomic E-state index is 0.0865. The highest BCUT2D eigenvalue weighted by Gasteiger charge is 2.34. The van der Waals surface area contributed by atoms with E-state index in [1.54, 1.807) is 18.2 Å². The van der Waals surface area contributed by atoms with Gasteiger partial charge in [-0.15, -0.1) is 11.3 Å². The number of nitrogens with one attached hydrogen (secondary N) is 2. The lowest BCUT2D eigenvalue weighted by molar-refractivity contribution is -0.124. The molecule has 2 N–H and O–H groups in total. The number of carbonyl (C=O) groups is 2. The lowest BCUT2D eigenvalue weighted by Gasteiger charge is -2.23. The zero-order valence-electron chi connectivity index (χ0n) is 14.4. The first-order valence-corrected chi connectivity index (χ1v) is 10.9. The Morgan fingerprint density at radius 2 is 2.04 bits per heavy atom. The van der Waals surface area contributed by atoms with Crippen LogP contribution in [0, 0.1) is 0 Å². The molecule has 2 amide bonds. The van der Waals surface area contributed by atoms with Gasteiger partial charge in [-0.3, -0.25) is 14.3 Å². The summed E-state index contributed by atoms with van der Waals surface area (Å²) < 4.78 is 27.8. The Morgan fingerprint density at radius 1 is 1.26 bits per heavy atom. The molecule has 10 heteroatoms. The Kier molecular flexibility index (Phi) is 5.73. The molecular weight excluding hydrogens is 410 g/mol. The molecule has 2 aromatic rings. The first-order chi connectivity index (χ1) is 12.8. The number of sulfonamides is 1. The van der Waals surface area contributed by atoms with Crippen molar-refractivity contribution in [3.05, 3.63) is 46.3 Å². The summed E-state index contributed by atoms with van der Waals surface area (Å²) in [6.45, 7) is 0.487. The van der Waals surface area contributed by atoms with E-state index in [1.165, 1.54) is 30.1 Å². The number of hydrogen-bond donors (Lipinski definition) is 2.